The van der Waals surface area contributed by atoms with Crippen LogP contribution in [0.1, 0.15) is 29.4 Å². The molecule has 1 amide bonds. The summed E-state index contributed by atoms with van der Waals surface area (Å²) >= 11 is 0. The molecule has 0 spiro atoms. The molecule has 146 valence electrons. The van der Waals surface area contributed by atoms with Crippen LogP contribution in [0.5, 0.6) is 0 Å². The number of anilines is 1. The standard InChI is InChI=1S/C22H21N5O2/c1-2-13-27-22(29)18-10-5-4-9-17(18)20(25-27)21(28)24-19-11-6-3-8-16(19)15-26-14-7-12-23-26/h3-12,14H,2,13,15H2,1H3,(H,24,28). The van der Waals surface area contributed by atoms with Crippen molar-refractivity contribution in [1.82, 2.24) is 19.6 Å². The maximum atomic E-state index is 13.1. The SMILES string of the molecule is CCCn1nc(C(=O)Nc2ccccc2Cn2cccn2)c2ccccc2c1=O. The Morgan fingerprint density at radius 2 is 1.79 bits per heavy atom. The van der Waals surface area contributed by atoms with E-state index < -0.39 is 0 Å². The molecule has 29 heavy (non-hydrogen) atoms. The minimum atomic E-state index is -0.348. The summed E-state index contributed by atoms with van der Waals surface area (Å²) in [6.07, 6.45) is 4.33. The topological polar surface area (TPSA) is 81.8 Å². The molecule has 4 rings (SSSR count). The monoisotopic (exact) mass is 387 g/mol. The molecule has 0 aliphatic heterocycles. The summed E-state index contributed by atoms with van der Waals surface area (Å²) in [6, 6.07) is 16.5. The van der Waals surface area contributed by atoms with Gasteiger partial charge in [0.05, 0.1) is 11.9 Å². The number of benzene rings is 2. The van der Waals surface area contributed by atoms with Crippen molar-refractivity contribution in [2.75, 3.05) is 5.32 Å². The maximum absolute atomic E-state index is 13.1. The molecule has 7 heteroatoms. The summed E-state index contributed by atoms with van der Waals surface area (Å²) in [6.45, 7) is 2.96. The molecule has 0 aliphatic rings. The quantitative estimate of drug-likeness (QED) is 0.550. The van der Waals surface area contributed by atoms with Gasteiger partial charge in [0.15, 0.2) is 5.69 Å². The number of amides is 1. The lowest BCUT2D eigenvalue weighted by Crippen LogP contribution is -2.27. The van der Waals surface area contributed by atoms with E-state index in [4.69, 9.17) is 0 Å². The number of nitrogens with one attached hydrogen (secondary N) is 1. The third-order valence-electron chi connectivity index (χ3n) is 4.68. The van der Waals surface area contributed by atoms with Gasteiger partial charge in [-0.3, -0.25) is 14.3 Å². The summed E-state index contributed by atoms with van der Waals surface area (Å²) in [5, 5.41) is 12.6. The van der Waals surface area contributed by atoms with E-state index in [-0.39, 0.29) is 17.2 Å². The average Bonchev–Trinajstić information content (AvgIpc) is 3.25. The van der Waals surface area contributed by atoms with Gasteiger partial charge >= 0.3 is 0 Å². The van der Waals surface area contributed by atoms with Gasteiger partial charge in [0, 0.05) is 30.0 Å². The van der Waals surface area contributed by atoms with Crippen molar-refractivity contribution >= 4 is 22.4 Å². The molecule has 0 radical (unpaired) electrons. The lowest BCUT2D eigenvalue weighted by molar-refractivity contribution is 0.102. The first kappa shape index (κ1) is 18.6. The highest BCUT2D eigenvalue weighted by atomic mass is 16.2. The van der Waals surface area contributed by atoms with Crippen molar-refractivity contribution in [3.63, 3.8) is 0 Å². The number of fused-ring (bicyclic) bond motifs is 1. The second-order valence-corrected chi connectivity index (χ2v) is 6.74. The van der Waals surface area contributed by atoms with Crippen LogP contribution >= 0.6 is 0 Å². The van der Waals surface area contributed by atoms with Crippen LogP contribution in [-0.4, -0.2) is 25.5 Å². The molecule has 4 aromatic rings. The minimum absolute atomic E-state index is 0.182. The van der Waals surface area contributed by atoms with E-state index in [1.807, 2.05) is 43.5 Å². The van der Waals surface area contributed by atoms with Gasteiger partial charge in [-0.1, -0.05) is 43.3 Å². The molecule has 0 aliphatic carbocycles. The first-order chi connectivity index (χ1) is 14.2. The Bertz CT molecular complexity index is 1210. The summed E-state index contributed by atoms with van der Waals surface area (Å²) in [4.78, 5) is 25.8. The van der Waals surface area contributed by atoms with Gasteiger partial charge in [0.1, 0.15) is 0 Å². The summed E-state index contributed by atoms with van der Waals surface area (Å²) in [5.74, 6) is -0.348. The normalized spacial score (nSPS) is 10.9. The van der Waals surface area contributed by atoms with Gasteiger partial charge in [-0.05, 0) is 30.2 Å². The zero-order chi connectivity index (χ0) is 20.2. The number of aryl methyl sites for hydroxylation is 1. The van der Waals surface area contributed by atoms with Crippen LogP contribution in [0.2, 0.25) is 0 Å². The number of nitrogens with zero attached hydrogens (tertiary/aromatic N) is 4. The van der Waals surface area contributed by atoms with Gasteiger partial charge in [0.25, 0.3) is 11.5 Å². The van der Waals surface area contributed by atoms with E-state index in [0.717, 1.165) is 12.0 Å². The van der Waals surface area contributed by atoms with Crippen LogP contribution in [-0.2, 0) is 13.1 Å². The van der Waals surface area contributed by atoms with E-state index in [1.54, 1.807) is 35.1 Å². The van der Waals surface area contributed by atoms with Crippen LogP contribution in [0.3, 0.4) is 0 Å². The zero-order valence-electron chi connectivity index (χ0n) is 16.1. The molecular formula is C22H21N5O2. The lowest BCUT2D eigenvalue weighted by Gasteiger charge is -2.13. The third kappa shape index (κ3) is 3.80. The molecule has 0 unspecified atom stereocenters. The number of para-hydroxylation sites is 1. The number of aromatic nitrogens is 4. The van der Waals surface area contributed by atoms with Crippen LogP contribution in [0, 0.1) is 0 Å². The highest BCUT2D eigenvalue weighted by Gasteiger charge is 2.17. The summed E-state index contributed by atoms with van der Waals surface area (Å²) in [7, 11) is 0. The van der Waals surface area contributed by atoms with E-state index >= 15 is 0 Å². The maximum Gasteiger partial charge on any atom is 0.276 e. The molecule has 0 saturated carbocycles. The fourth-order valence-corrected chi connectivity index (χ4v) is 3.30. The predicted octanol–water partition coefficient (Wildman–Crippen LogP) is 3.30. The van der Waals surface area contributed by atoms with Crippen LogP contribution in [0.25, 0.3) is 10.8 Å². The fourth-order valence-electron chi connectivity index (χ4n) is 3.30. The highest BCUT2D eigenvalue weighted by molar-refractivity contribution is 6.11. The molecule has 1 N–H and O–H groups in total. The molecule has 2 aromatic heterocycles. The molecule has 0 saturated heterocycles. The number of carbonyl (C=O) groups excluding carboxylic acids is 1. The van der Waals surface area contributed by atoms with Gasteiger partial charge in [-0.2, -0.15) is 10.2 Å². The first-order valence-corrected chi connectivity index (χ1v) is 9.54. The van der Waals surface area contributed by atoms with Crippen LogP contribution in [0.15, 0.2) is 71.8 Å². The number of hydrogen-bond acceptors (Lipinski definition) is 4. The molecular weight excluding hydrogens is 366 g/mol. The largest absolute Gasteiger partial charge is 0.320 e. The van der Waals surface area contributed by atoms with E-state index in [2.05, 4.69) is 15.5 Å². The number of carbonyl (C=O) groups is 1. The first-order valence-electron chi connectivity index (χ1n) is 9.54. The number of hydrogen-bond donors (Lipinski definition) is 1. The predicted molar refractivity (Wildman–Crippen MR) is 112 cm³/mol. The van der Waals surface area contributed by atoms with Gasteiger partial charge < -0.3 is 5.32 Å². The second kappa shape index (κ2) is 8.10. The Labute approximate surface area is 167 Å². The van der Waals surface area contributed by atoms with Crippen LogP contribution in [0.4, 0.5) is 5.69 Å². The van der Waals surface area contributed by atoms with Crippen molar-refractivity contribution in [1.29, 1.82) is 0 Å². The van der Waals surface area contributed by atoms with E-state index in [0.29, 0.717) is 29.5 Å². The molecule has 0 atom stereocenters. The molecule has 0 fully saturated rings. The second-order valence-electron chi connectivity index (χ2n) is 6.74. The van der Waals surface area contributed by atoms with Crippen molar-refractivity contribution in [3.8, 4) is 0 Å². The Balaban J connectivity index is 1.72. The van der Waals surface area contributed by atoms with Crippen molar-refractivity contribution in [2.45, 2.75) is 26.4 Å². The number of rotatable bonds is 6. The van der Waals surface area contributed by atoms with Crippen LogP contribution < -0.4 is 10.9 Å². The van der Waals surface area contributed by atoms with Gasteiger partial charge in [-0.15, -0.1) is 0 Å². The zero-order valence-corrected chi connectivity index (χ0v) is 16.1. The van der Waals surface area contributed by atoms with Crippen molar-refractivity contribution in [2.24, 2.45) is 0 Å². The third-order valence-corrected chi connectivity index (χ3v) is 4.68. The van der Waals surface area contributed by atoms with E-state index in [9.17, 15) is 9.59 Å². The molecule has 2 aromatic carbocycles. The minimum Gasteiger partial charge on any atom is -0.320 e. The van der Waals surface area contributed by atoms with Gasteiger partial charge in [-0.25, -0.2) is 4.68 Å². The summed E-state index contributed by atoms with van der Waals surface area (Å²) in [5.41, 5.74) is 1.67. The average molecular weight is 387 g/mol. The fraction of sp³-hybridized carbons (Fsp3) is 0.182. The Kier molecular flexibility index (Phi) is 5.20. The van der Waals surface area contributed by atoms with Gasteiger partial charge in [0.2, 0.25) is 0 Å². The smallest absolute Gasteiger partial charge is 0.276 e. The molecule has 2 heterocycles. The Morgan fingerprint density at radius 1 is 1.03 bits per heavy atom. The van der Waals surface area contributed by atoms with Crippen molar-refractivity contribution < 1.29 is 4.79 Å². The Hall–Kier alpha value is -3.74. The van der Waals surface area contributed by atoms with Crippen molar-refractivity contribution in [3.05, 3.63) is 88.6 Å². The lowest BCUT2D eigenvalue weighted by atomic mass is 10.1. The molecule has 7 nitrogen and oxygen atoms in total. The Morgan fingerprint density at radius 3 is 2.55 bits per heavy atom. The summed E-state index contributed by atoms with van der Waals surface area (Å²) < 4.78 is 3.16. The van der Waals surface area contributed by atoms with E-state index in [1.165, 1.54) is 4.68 Å². The highest BCUT2D eigenvalue weighted by Crippen LogP contribution is 2.19. The molecule has 0 bridgehead atoms.